The number of carbonyl (C=O) groups is 1. The molecule has 0 spiro atoms. The van der Waals surface area contributed by atoms with Crippen molar-refractivity contribution in [2.24, 2.45) is 5.92 Å². The zero-order chi connectivity index (χ0) is 12.7. The summed E-state index contributed by atoms with van der Waals surface area (Å²) >= 11 is 1.41. The largest absolute Gasteiger partial charge is 0.382 e. The second-order valence-electron chi connectivity index (χ2n) is 5.20. The fourth-order valence-electron chi connectivity index (χ4n) is 2.28. The van der Waals surface area contributed by atoms with Crippen LogP contribution in [-0.2, 0) is 0 Å². The molecule has 2 aliphatic rings. The molecule has 5 nitrogen and oxygen atoms in total. The van der Waals surface area contributed by atoms with Crippen molar-refractivity contribution in [3.8, 4) is 0 Å². The number of hydrogen-bond donors (Lipinski definition) is 2. The molecule has 3 N–H and O–H groups in total. The molecule has 2 fully saturated rings. The summed E-state index contributed by atoms with van der Waals surface area (Å²) in [5.41, 5.74) is 5.85. The van der Waals surface area contributed by atoms with Crippen LogP contribution < -0.4 is 16.0 Å². The van der Waals surface area contributed by atoms with Crippen molar-refractivity contribution in [1.29, 1.82) is 0 Å². The highest BCUT2D eigenvalue weighted by Gasteiger charge is 2.35. The Kier molecular flexibility index (Phi) is 2.89. The van der Waals surface area contributed by atoms with Gasteiger partial charge in [0.1, 0.15) is 10.7 Å². The minimum Gasteiger partial charge on any atom is -0.382 e. The summed E-state index contributed by atoms with van der Waals surface area (Å²) < 4.78 is 0. The van der Waals surface area contributed by atoms with Gasteiger partial charge in [-0.1, -0.05) is 18.3 Å². The lowest BCUT2D eigenvalue weighted by molar-refractivity contribution is 0.0954. The lowest BCUT2D eigenvalue weighted by Crippen LogP contribution is -2.26. The van der Waals surface area contributed by atoms with Crippen molar-refractivity contribution in [2.45, 2.75) is 32.2 Å². The fourth-order valence-corrected chi connectivity index (χ4v) is 3.22. The average molecular weight is 266 g/mol. The number of amides is 1. The smallest absolute Gasteiger partial charge is 0.265 e. The Hall–Kier alpha value is -1.30. The number of thiazole rings is 1. The number of aromatic nitrogens is 1. The molecule has 3 rings (SSSR count). The van der Waals surface area contributed by atoms with Crippen LogP contribution in [0.4, 0.5) is 10.9 Å². The summed E-state index contributed by atoms with van der Waals surface area (Å²) in [6.07, 6.45) is 3.46. The Balaban J connectivity index is 1.73. The fraction of sp³-hybridized carbons (Fsp3) is 0.667. The summed E-state index contributed by atoms with van der Waals surface area (Å²) in [4.78, 5) is 19.1. The van der Waals surface area contributed by atoms with Gasteiger partial charge >= 0.3 is 0 Å². The lowest BCUT2D eigenvalue weighted by Gasteiger charge is -2.11. The van der Waals surface area contributed by atoms with Gasteiger partial charge in [0.15, 0.2) is 5.13 Å². The van der Waals surface area contributed by atoms with Crippen molar-refractivity contribution in [2.75, 3.05) is 23.7 Å². The molecule has 6 heteroatoms. The van der Waals surface area contributed by atoms with E-state index in [0.29, 0.717) is 22.7 Å². The minimum absolute atomic E-state index is 0.0650. The van der Waals surface area contributed by atoms with Crippen molar-refractivity contribution >= 4 is 28.2 Å². The highest BCUT2D eigenvalue weighted by molar-refractivity contribution is 7.18. The highest BCUT2D eigenvalue weighted by Crippen LogP contribution is 2.33. The van der Waals surface area contributed by atoms with Crippen molar-refractivity contribution < 1.29 is 4.79 Å². The molecule has 98 valence electrons. The third-order valence-electron chi connectivity index (χ3n) is 3.65. The highest BCUT2D eigenvalue weighted by atomic mass is 32.1. The maximum atomic E-state index is 12.1. The van der Waals surface area contributed by atoms with Crippen LogP contribution in [0, 0.1) is 5.92 Å². The third kappa shape index (κ3) is 2.16. The summed E-state index contributed by atoms with van der Waals surface area (Å²) in [6, 6.07) is 0.328. The van der Waals surface area contributed by atoms with Gasteiger partial charge in [-0.2, -0.15) is 0 Å². The predicted octanol–water partition coefficient (Wildman–Crippen LogP) is 1.46. The average Bonchev–Trinajstić information content (AvgIpc) is 2.79. The van der Waals surface area contributed by atoms with E-state index in [9.17, 15) is 4.79 Å². The minimum atomic E-state index is -0.0650. The topological polar surface area (TPSA) is 71.2 Å². The number of nitrogens with one attached hydrogen (secondary N) is 1. The van der Waals surface area contributed by atoms with Crippen molar-refractivity contribution in [3.63, 3.8) is 0 Å². The van der Waals surface area contributed by atoms with Gasteiger partial charge in [-0.25, -0.2) is 4.98 Å². The van der Waals surface area contributed by atoms with Crippen LogP contribution in [0.15, 0.2) is 0 Å². The first-order chi connectivity index (χ1) is 8.65. The monoisotopic (exact) mass is 266 g/mol. The first-order valence-corrected chi connectivity index (χ1v) is 7.29. The normalized spacial score (nSPS) is 26.4. The molecular formula is C12H18N4OS. The van der Waals surface area contributed by atoms with Crippen LogP contribution in [0.5, 0.6) is 0 Å². The number of carbonyl (C=O) groups excluding carboxylic acids is 1. The number of nitrogens with zero attached hydrogens (tertiary/aromatic N) is 2. The molecule has 0 bridgehead atoms. The molecule has 18 heavy (non-hydrogen) atoms. The van der Waals surface area contributed by atoms with Crippen LogP contribution in [0.25, 0.3) is 0 Å². The number of nitrogen functional groups attached to an aromatic ring is 1. The van der Waals surface area contributed by atoms with E-state index in [-0.39, 0.29) is 5.91 Å². The van der Waals surface area contributed by atoms with Crippen LogP contribution >= 0.6 is 11.3 Å². The predicted molar refractivity (Wildman–Crippen MR) is 73.0 cm³/mol. The zero-order valence-corrected chi connectivity index (χ0v) is 11.3. The molecule has 2 heterocycles. The van der Waals surface area contributed by atoms with E-state index in [0.717, 1.165) is 24.6 Å². The Labute approximate surface area is 110 Å². The van der Waals surface area contributed by atoms with Crippen molar-refractivity contribution in [3.05, 3.63) is 4.88 Å². The summed E-state index contributed by atoms with van der Waals surface area (Å²) in [5.74, 6) is 0.902. The number of hydrogen-bond acceptors (Lipinski definition) is 5. The molecule has 1 aromatic heterocycles. The second-order valence-corrected chi connectivity index (χ2v) is 6.18. The number of nitrogens with two attached hydrogens (primary N) is 1. The Morgan fingerprint density at radius 2 is 2.17 bits per heavy atom. The van der Waals surface area contributed by atoms with E-state index < -0.39 is 0 Å². The molecule has 1 saturated carbocycles. The third-order valence-corrected chi connectivity index (χ3v) is 4.78. The Morgan fingerprint density at radius 1 is 1.50 bits per heavy atom. The van der Waals surface area contributed by atoms with Gasteiger partial charge in [0.2, 0.25) is 0 Å². The molecule has 1 aromatic rings. The van der Waals surface area contributed by atoms with E-state index in [1.54, 1.807) is 0 Å². The molecule has 2 unspecified atom stereocenters. The number of anilines is 2. The van der Waals surface area contributed by atoms with Gasteiger partial charge in [-0.3, -0.25) is 4.79 Å². The summed E-state index contributed by atoms with van der Waals surface area (Å²) in [7, 11) is 0. The molecule has 0 aromatic carbocycles. The SMILES string of the molecule is CC1CC1NC(=O)c1sc(N2CCCC2)nc1N. The lowest BCUT2D eigenvalue weighted by atomic mass is 10.4. The molecule has 1 aliphatic heterocycles. The quantitative estimate of drug-likeness (QED) is 0.869. The zero-order valence-electron chi connectivity index (χ0n) is 10.5. The number of rotatable bonds is 3. The standard InChI is InChI=1S/C12H18N4OS/c1-7-6-8(7)14-11(17)9-10(13)15-12(18-9)16-4-2-3-5-16/h7-8H,2-6,13H2,1H3,(H,14,17). The van der Waals surface area contributed by atoms with Gasteiger partial charge < -0.3 is 16.0 Å². The van der Waals surface area contributed by atoms with E-state index in [4.69, 9.17) is 5.73 Å². The molecular weight excluding hydrogens is 248 g/mol. The van der Waals surface area contributed by atoms with Crippen LogP contribution in [0.1, 0.15) is 35.9 Å². The van der Waals surface area contributed by atoms with E-state index in [2.05, 4.69) is 22.1 Å². The van der Waals surface area contributed by atoms with E-state index >= 15 is 0 Å². The van der Waals surface area contributed by atoms with Gasteiger partial charge in [0, 0.05) is 19.1 Å². The van der Waals surface area contributed by atoms with Gasteiger partial charge in [0.05, 0.1) is 0 Å². The second kappa shape index (κ2) is 4.42. The molecule has 0 radical (unpaired) electrons. The molecule has 1 aliphatic carbocycles. The first-order valence-electron chi connectivity index (χ1n) is 6.47. The summed E-state index contributed by atoms with van der Waals surface area (Å²) in [6.45, 7) is 4.18. The molecule has 2 atom stereocenters. The van der Waals surface area contributed by atoms with E-state index in [1.807, 2.05) is 0 Å². The maximum Gasteiger partial charge on any atom is 0.265 e. The van der Waals surface area contributed by atoms with Gasteiger partial charge in [0.25, 0.3) is 5.91 Å². The van der Waals surface area contributed by atoms with Gasteiger partial charge in [-0.05, 0) is 25.2 Å². The maximum absolute atomic E-state index is 12.1. The summed E-state index contributed by atoms with van der Waals surface area (Å²) in [5, 5.41) is 3.89. The van der Waals surface area contributed by atoms with Gasteiger partial charge in [-0.15, -0.1) is 0 Å². The first kappa shape index (κ1) is 11.8. The van der Waals surface area contributed by atoms with Crippen LogP contribution in [0.2, 0.25) is 0 Å². The van der Waals surface area contributed by atoms with Crippen molar-refractivity contribution in [1.82, 2.24) is 10.3 Å². The Morgan fingerprint density at radius 3 is 2.78 bits per heavy atom. The van der Waals surface area contributed by atoms with E-state index in [1.165, 1.54) is 24.2 Å². The van der Waals surface area contributed by atoms with Crippen LogP contribution in [-0.4, -0.2) is 30.0 Å². The Bertz CT molecular complexity index is 467. The molecule has 1 amide bonds. The van der Waals surface area contributed by atoms with Crippen LogP contribution in [0.3, 0.4) is 0 Å². The molecule has 1 saturated heterocycles.